The second-order valence-corrected chi connectivity index (χ2v) is 5.96. The summed E-state index contributed by atoms with van der Waals surface area (Å²) >= 11 is 0. The molecule has 1 N–H and O–H groups in total. The van der Waals surface area contributed by atoms with Crippen LogP contribution in [0.2, 0.25) is 0 Å². The first-order chi connectivity index (χ1) is 11.4. The lowest BCUT2D eigenvalue weighted by molar-refractivity contribution is 0.268. The van der Waals surface area contributed by atoms with Crippen molar-refractivity contribution in [2.45, 2.75) is 32.3 Å². The molecule has 1 heterocycles. The van der Waals surface area contributed by atoms with Crippen molar-refractivity contribution in [1.29, 1.82) is 0 Å². The summed E-state index contributed by atoms with van der Waals surface area (Å²) in [5.41, 5.74) is 2.50. The lowest BCUT2D eigenvalue weighted by Crippen LogP contribution is -2.28. The van der Waals surface area contributed by atoms with E-state index in [9.17, 15) is 0 Å². The Labute approximate surface area is 138 Å². The van der Waals surface area contributed by atoms with E-state index in [0.29, 0.717) is 19.1 Å². The SMILES string of the molecule is CCOc1cc(C2CCCNC2)ccc1OCc1ccccc1. The molecule has 2 aromatic rings. The topological polar surface area (TPSA) is 30.5 Å². The molecule has 3 rings (SSSR count). The Morgan fingerprint density at radius 1 is 1.04 bits per heavy atom. The maximum Gasteiger partial charge on any atom is 0.161 e. The molecule has 3 nitrogen and oxygen atoms in total. The predicted molar refractivity (Wildman–Crippen MR) is 93.2 cm³/mol. The Balaban J connectivity index is 1.73. The van der Waals surface area contributed by atoms with E-state index in [-0.39, 0.29) is 0 Å². The maximum atomic E-state index is 5.98. The molecule has 0 aromatic heterocycles. The van der Waals surface area contributed by atoms with Crippen LogP contribution in [0.15, 0.2) is 48.5 Å². The van der Waals surface area contributed by atoms with Crippen LogP contribution in [-0.4, -0.2) is 19.7 Å². The molecule has 3 heteroatoms. The van der Waals surface area contributed by atoms with Gasteiger partial charge in [0.15, 0.2) is 11.5 Å². The average Bonchev–Trinajstić information content (AvgIpc) is 2.62. The molecule has 1 unspecified atom stereocenters. The zero-order valence-electron chi connectivity index (χ0n) is 13.8. The van der Waals surface area contributed by atoms with Crippen LogP contribution in [0.1, 0.15) is 36.8 Å². The normalized spacial score (nSPS) is 17.7. The van der Waals surface area contributed by atoms with E-state index >= 15 is 0 Å². The third-order valence-electron chi connectivity index (χ3n) is 4.27. The van der Waals surface area contributed by atoms with Gasteiger partial charge in [-0.3, -0.25) is 0 Å². The summed E-state index contributed by atoms with van der Waals surface area (Å²) in [6.07, 6.45) is 2.48. The molecule has 2 aromatic carbocycles. The summed E-state index contributed by atoms with van der Waals surface area (Å²) < 4.78 is 11.8. The van der Waals surface area contributed by atoms with Gasteiger partial charge >= 0.3 is 0 Å². The van der Waals surface area contributed by atoms with Gasteiger partial charge < -0.3 is 14.8 Å². The molecule has 0 bridgehead atoms. The van der Waals surface area contributed by atoms with Gasteiger partial charge in [0.1, 0.15) is 6.61 Å². The number of nitrogens with one attached hydrogen (secondary N) is 1. The van der Waals surface area contributed by atoms with Crippen LogP contribution in [-0.2, 0) is 6.61 Å². The van der Waals surface area contributed by atoms with E-state index in [1.54, 1.807) is 0 Å². The molecule has 1 atom stereocenters. The van der Waals surface area contributed by atoms with Crippen molar-refractivity contribution < 1.29 is 9.47 Å². The molecule has 23 heavy (non-hydrogen) atoms. The van der Waals surface area contributed by atoms with Crippen molar-refractivity contribution in [1.82, 2.24) is 5.32 Å². The average molecular weight is 311 g/mol. The van der Waals surface area contributed by atoms with Crippen LogP contribution in [0.4, 0.5) is 0 Å². The van der Waals surface area contributed by atoms with Crippen LogP contribution in [0, 0.1) is 0 Å². The Bertz CT molecular complexity index is 606. The first kappa shape index (κ1) is 15.9. The summed E-state index contributed by atoms with van der Waals surface area (Å²) in [7, 11) is 0. The van der Waals surface area contributed by atoms with E-state index in [0.717, 1.165) is 30.2 Å². The van der Waals surface area contributed by atoms with Crippen LogP contribution in [0.25, 0.3) is 0 Å². The second-order valence-electron chi connectivity index (χ2n) is 5.96. The summed E-state index contributed by atoms with van der Waals surface area (Å²) in [6.45, 7) is 5.40. The molecular formula is C20H25NO2. The summed E-state index contributed by atoms with van der Waals surface area (Å²) in [4.78, 5) is 0. The minimum absolute atomic E-state index is 0.561. The molecular weight excluding hydrogens is 286 g/mol. The number of piperidine rings is 1. The zero-order valence-corrected chi connectivity index (χ0v) is 13.8. The van der Waals surface area contributed by atoms with Gasteiger partial charge in [0.25, 0.3) is 0 Å². The van der Waals surface area contributed by atoms with Gasteiger partial charge in [-0.25, -0.2) is 0 Å². The highest BCUT2D eigenvalue weighted by molar-refractivity contribution is 5.44. The fourth-order valence-corrected chi connectivity index (χ4v) is 3.04. The van der Waals surface area contributed by atoms with Crippen molar-refractivity contribution in [3.05, 3.63) is 59.7 Å². The number of rotatable bonds is 6. The molecule has 0 aliphatic carbocycles. The number of benzene rings is 2. The van der Waals surface area contributed by atoms with Crippen LogP contribution < -0.4 is 14.8 Å². The minimum atomic E-state index is 0.561. The number of hydrogen-bond donors (Lipinski definition) is 1. The Morgan fingerprint density at radius 2 is 1.91 bits per heavy atom. The highest BCUT2D eigenvalue weighted by Crippen LogP contribution is 2.33. The maximum absolute atomic E-state index is 5.98. The molecule has 1 saturated heterocycles. The van der Waals surface area contributed by atoms with Crippen molar-refractivity contribution in [3.63, 3.8) is 0 Å². The van der Waals surface area contributed by atoms with Gasteiger partial charge in [0.05, 0.1) is 6.61 Å². The smallest absolute Gasteiger partial charge is 0.161 e. The Kier molecular flexibility index (Phi) is 5.54. The minimum Gasteiger partial charge on any atom is -0.490 e. The van der Waals surface area contributed by atoms with Crippen molar-refractivity contribution in [3.8, 4) is 11.5 Å². The molecule has 0 spiro atoms. The highest BCUT2D eigenvalue weighted by Gasteiger charge is 2.17. The van der Waals surface area contributed by atoms with Gasteiger partial charge in [-0.05, 0) is 55.5 Å². The van der Waals surface area contributed by atoms with Gasteiger partial charge in [-0.2, -0.15) is 0 Å². The lowest BCUT2D eigenvalue weighted by atomic mass is 9.91. The Hall–Kier alpha value is -2.00. The van der Waals surface area contributed by atoms with Crippen LogP contribution in [0.5, 0.6) is 11.5 Å². The fourth-order valence-electron chi connectivity index (χ4n) is 3.04. The van der Waals surface area contributed by atoms with Gasteiger partial charge in [0.2, 0.25) is 0 Å². The molecule has 1 aliphatic heterocycles. The molecule has 1 fully saturated rings. The van der Waals surface area contributed by atoms with E-state index in [4.69, 9.17) is 9.47 Å². The summed E-state index contributed by atoms with van der Waals surface area (Å²) in [5.74, 6) is 2.25. The standard InChI is InChI=1S/C20H25NO2/c1-2-22-20-13-17(18-9-6-12-21-14-18)10-11-19(20)23-15-16-7-4-3-5-8-16/h3-5,7-8,10-11,13,18,21H,2,6,9,12,14-15H2,1H3. The summed E-state index contributed by atoms with van der Waals surface area (Å²) in [5, 5.41) is 3.47. The van der Waals surface area contributed by atoms with E-state index in [2.05, 4.69) is 35.6 Å². The number of hydrogen-bond acceptors (Lipinski definition) is 3. The van der Waals surface area contributed by atoms with Crippen molar-refractivity contribution in [2.24, 2.45) is 0 Å². The lowest BCUT2D eigenvalue weighted by Gasteiger charge is -2.24. The van der Waals surface area contributed by atoms with E-state index < -0.39 is 0 Å². The molecule has 0 radical (unpaired) electrons. The monoisotopic (exact) mass is 311 g/mol. The van der Waals surface area contributed by atoms with Crippen molar-refractivity contribution >= 4 is 0 Å². The number of ether oxygens (including phenoxy) is 2. The first-order valence-corrected chi connectivity index (χ1v) is 8.51. The molecule has 0 amide bonds. The highest BCUT2D eigenvalue weighted by atomic mass is 16.5. The molecule has 1 aliphatic rings. The largest absolute Gasteiger partial charge is 0.490 e. The molecule has 0 saturated carbocycles. The van der Waals surface area contributed by atoms with Crippen molar-refractivity contribution in [2.75, 3.05) is 19.7 Å². The van der Waals surface area contributed by atoms with E-state index in [1.807, 2.05) is 25.1 Å². The van der Waals surface area contributed by atoms with Crippen LogP contribution >= 0.6 is 0 Å². The quantitative estimate of drug-likeness (QED) is 0.870. The Morgan fingerprint density at radius 3 is 2.65 bits per heavy atom. The zero-order chi connectivity index (χ0) is 15.9. The fraction of sp³-hybridized carbons (Fsp3) is 0.400. The third-order valence-corrected chi connectivity index (χ3v) is 4.27. The molecule has 122 valence electrons. The van der Waals surface area contributed by atoms with Gasteiger partial charge in [-0.1, -0.05) is 36.4 Å². The third kappa shape index (κ3) is 4.26. The van der Waals surface area contributed by atoms with Crippen LogP contribution in [0.3, 0.4) is 0 Å². The second kappa shape index (κ2) is 8.02. The predicted octanol–water partition coefficient (Wildman–Crippen LogP) is 4.13. The first-order valence-electron chi connectivity index (χ1n) is 8.51. The van der Waals surface area contributed by atoms with E-state index in [1.165, 1.54) is 18.4 Å². The van der Waals surface area contributed by atoms with Gasteiger partial charge in [-0.15, -0.1) is 0 Å². The van der Waals surface area contributed by atoms with Gasteiger partial charge in [0, 0.05) is 6.54 Å². The summed E-state index contributed by atoms with van der Waals surface area (Å²) in [6, 6.07) is 16.6.